The molecular weight excluding hydrogens is 204 g/mol. The molecule has 0 spiro atoms. The number of rotatable bonds is 4. The fourth-order valence-electron chi connectivity index (χ4n) is 3.55. The first kappa shape index (κ1) is 11.9. The lowest BCUT2D eigenvalue weighted by atomic mass is 9.77. The number of hydrogen-bond acceptors (Lipinski definition) is 2. The molecule has 0 aliphatic heterocycles. The summed E-state index contributed by atoms with van der Waals surface area (Å²) in [6.07, 6.45) is 6.51. The molecule has 92 valence electrons. The number of carboxylic acid groups (broad SMARTS) is 1. The summed E-state index contributed by atoms with van der Waals surface area (Å²) in [6, 6.07) is 0. The first-order valence-electron chi connectivity index (χ1n) is 6.47. The van der Waals surface area contributed by atoms with Crippen molar-refractivity contribution in [2.24, 2.45) is 23.7 Å². The van der Waals surface area contributed by atoms with Crippen LogP contribution in [0.1, 0.15) is 45.4 Å². The fourth-order valence-corrected chi connectivity index (χ4v) is 3.55. The predicted octanol–water partition coefficient (Wildman–Crippen LogP) is 2.28. The lowest BCUT2D eigenvalue weighted by molar-refractivity contribution is -0.145. The molecule has 0 heterocycles. The minimum atomic E-state index is -0.883. The van der Waals surface area contributed by atoms with Crippen LogP contribution in [0.3, 0.4) is 0 Å². The van der Waals surface area contributed by atoms with Gasteiger partial charge in [0.25, 0.3) is 0 Å². The van der Waals surface area contributed by atoms with Gasteiger partial charge in [-0.2, -0.15) is 0 Å². The van der Waals surface area contributed by atoms with Crippen molar-refractivity contribution < 1.29 is 15.0 Å². The average Bonchev–Trinajstić information content (AvgIpc) is 2.56. The molecule has 0 aromatic rings. The Hall–Kier alpha value is -0.570. The number of fused-ring (bicyclic) bond motifs is 2. The van der Waals surface area contributed by atoms with E-state index in [2.05, 4.69) is 0 Å². The van der Waals surface area contributed by atoms with E-state index in [-0.39, 0.29) is 0 Å². The van der Waals surface area contributed by atoms with Crippen LogP contribution in [0.25, 0.3) is 0 Å². The Labute approximate surface area is 96.9 Å². The third kappa shape index (κ3) is 2.57. The van der Waals surface area contributed by atoms with Crippen molar-refractivity contribution in [1.29, 1.82) is 0 Å². The molecule has 0 aromatic carbocycles. The van der Waals surface area contributed by atoms with Gasteiger partial charge in [-0.15, -0.1) is 0 Å². The molecule has 2 aliphatic carbocycles. The molecule has 0 unspecified atom stereocenters. The van der Waals surface area contributed by atoms with E-state index in [9.17, 15) is 9.90 Å². The fraction of sp³-hybridized carbons (Fsp3) is 0.923. The Morgan fingerprint density at radius 2 is 1.81 bits per heavy atom. The van der Waals surface area contributed by atoms with Gasteiger partial charge in [0.15, 0.2) is 0 Å². The lowest BCUT2D eigenvalue weighted by Gasteiger charge is -2.30. The highest BCUT2D eigenvalue weighted by Crippen LogP contribution is 2.46. The molecule has 0 amide bonds. The van der Waals surface area contributed by atoms with Crippen LogP contribution in [0.4, 0.5) is 0 Å². The number of carboxylic acids is 1. The number of aliphatic hydroxyl groups excluding tert-OH is 1. The highest BCUT2D eigenvalue weighted by atomic mass is 16.4. The van der Waals surface area contributed by atoms with Crippen LogP contribution in [0.5, 0.6) is 0 Å². The third-order valence-electron chi connectivity index (χ3n) is 4.52. The van der Waals surface area contributed by atoms with Crippen LogP contribution < -0.4 is 0 Å². The van der Waals surface area contributed by atoms with Gasteiger partial charge in [0.05, 0.1) is 12.0 Å². The van der Waals surface area contributed by atoms with Gasteiger partial charge < -0.3 is 10.2 Å². The molecule has 3 nitrogen and oxygen atoms in total. The van der Waals surface area contributed by atoms with E-state index in [1.165, 1.54) is 32.1 Å². The van der Waals surface area contributed by atoms with Crippen molar-refractivity contribution in [3.63, 3.8) is 0 Å². The zero-order valence-corrected chi connectivity index (χ0v) is 9.93. The topological polar surface area (TPSA) is 57.5 Å². The molecule has 2 N–H and O–H groups in total. The van der Waals surface area contributed by atoms with Crippen molar-refractivity contribution in [1.82, 2.24) is 0 Å². The zero-order chi connectivity index (χ0) is 11.7. The van der Waals surface area contributed by atoms with E-state index in [0.717, 1.165) is 11.8 Å². The highest BCUT2D eigenvalue weighted by Gasteiger charge is 2.35. The minimum Gasteiger partial charge on any atom is -0.481 e. The predicted molar refractivity (Wildman–Crippen MR) is 61.0 cm³/mol. The number of carbonyl (C=O) groups is 1. The standard InChI is InChI=1S/C13H22O3/c1-8(13(15)16)12(14)7-11-5-9-2-3-10(4-9)6-11/h8-12,14H,2-7H2,1H3,(H,15,16)/t8-,9-,10-,12-/m1/s1. The molecule has 16 heavy (non-hydrogen) atoms. The van der Waals surface area contributed by atoms with Gasteiger partial charge in [-0.1, -0.05) is 12.8 Å². The van der Waals surface area contributed by atoms with Crippen LogP contribution in [-0.4, -0.2) is 22.3 Å². The summed E-state index contributed by atoms with van der Waals surface area (Å²) in [5, 5.41) is 18.7. The van der Waals surface area contributed by atoms with E-state index in [0.29, 0.717) is 12.3 Å². The Balaban J connectivity index is 1.83. The summed E-state index contributed by atoms with van der Waals surface area (Å²) >= 11 is 0. The summed E-state index contributed by atoms with van der Waals surface area (Å²) in [5.74, 6) is 0.765. The molecule has 3 heteroatoms. The molecule has 0 radical (unpaired) electrons. The minimum absolute atomic E-state index is 0.558. The van der Waals surface area contributed by atoms with Gasteiger partial charge in [0.1, 0.15) is 0 Å². The van der Waals surface area contributed by atoms with Crippen molar-refractivity contribution in [2.45, 2.75) is 51.6 Å². The van der Waals surface area contributed by atoms with Crippen LogP contribution >= 0.6 is 0 Å². The van der Waals surface area contributed by atoms with Crippen LogP contribution in [0, 0.1) is 23.7 Å². The summed E-state index contributed by atoms with van der Waals surface area (Å²) in [4.78, 5) is 10.8. The number of hydrogen-bond donors (Lipinski definition) is 2. The first-order chi connectivity index (χ1) is 7.56. The molecule has 4 atom stereocenters. The Morgan fingerprint density at radius 1 is 1.25 bits per heavy atom. The van der Waals surface area contributed by atoms with Crippen molar-refractivity contribution >= 4 is 5.97 Å². The van der Waals surface area contributed by atoms with Crippen LogP contribution in [0.2, 0.25) is 0 Å². The van der Waals surface area contributed by atoms with E-state index in [4.69, 9.17) is 5.11 Å². The number of aliphatic carboxylic acids is 1. The summed E-state index contributed by atoms with van der Waals surface area (Å²) in [6.45, 7) is 1.60. The molecule has 2 rings (SSSR count). The monoisotopic (exact) mass is 226 g/mol. The van der Waals surface area contributed by atoms with E-state index in [1.807, 2.05) is 0 Å². The van der Waals surface area contributed by atoms with Gasteiger partial charge in [-0.3, -0.25) is 4.79 Å². The summed E-state index contributed by atoms with van der Waals surface area (Å²) in [7, 11) is 0. The Kier molecular flexibility index (Phi) is 3.53. The maximum atomic E-state index is 10.8. The number of aliphatic hydroxyl groups is 1. The average molecular weight is 226 g/mol. The molecular formula is C13H22O3. The molecule has 2 bridgehead atoms. The molecule has 2 aliphatic rings. The van der Waals surface area contributed by atoms with Gasteiger partial charge in [0, 0.05) is 0 Å². The zero-order valence-electron chi connectivity index (χ0n) is 9.93. The maximum absolute atomic E-state index is 10.8. The smallest absolute Gasteiger partial charge is 0.308 e. The Bertz CT molecular complexity index is 252. The third-order valence-corrected chi connectivity index (χ3v) is 4.52. The summed E-state index contributed by atoms with van der Waals surface area (Å²) < 4.78 is 0. The maximum Gasteiger partial charge on any atom is 0.308 e. The van der Waals surface area contributed by atoms with Gasteiger partial charge in [0.2, 0.25) is 0 Å². The molecule has 2 fully saturated rings. The van der Waals surface area contributed by atoms with Crippen molar-refractivity contribution in [2.75, 3.05) is 0 Å². The largest absolute Gasteiger partial charge is 0.481 e. The molecule has 0 saturated heterocycles. The highest BCUT2D eigenvalue weighted by molar-refractivity contribution is 5.70. The second kappa shape index (κ2) is 4.74. The molecule has 0 aromatic heterocycles. The summed E-state index contributed by atoms with van der Waals surface area (Å²) in [5.41, 5.74) is 0. The van der Waals surface area contributed by atoms with Crippen LogP contribution in [-0.2, 0) is 4.79 Å². The van der Waals surface area contributed by atoms with E-state index >= 15 is 0 Å². The molecule has 2 saturated carbocycles. The second-order valence-corrected chi connectivity index (χ2v) is 5.81. The van der Waals surface area contributed by atoms with Crippen molar-refractivity contribution in [3.05, 3.63) is 0 Å². The van der Waals surface area contributed by atoms with Crippen molar-refractivity contribution in [3.8, 4) is 0 Å². The van der Waals surface area contributed by atoms with E-state index in [1.54, 1.807) is 6.92 Å². The van der Waals surface area contributed by atoms with Gasteiger partial charge in [-0.25, -0.2) is 0 Å². The first-order valence-corrected chi connectivity index (χ1v) is 6.47. The normalized spacial score (nSPS) is 37.0. The Morgan fingerprint density at radius 3 is 2.31 bits per heavy atom. The SMILES string of the molecule is C[C@@H](C(=O)O)[C@H](O)CC1C[C@@H]2CC[C@@H](C1)C2. The van der Waals surface area contributed by atoms with Crippen LogP contribution in [0.15, 0.2) is 0 Å². The lowest BCUT2D eigenvalue weighted by Crippen LogP contribution is -2.29. The van der Waals surface area contributed by atoms with Gasteiger partial charge >= 0.3 is 5.97 Å². The van der Waals surface area contributed by atoms with Gasteiger partial charge in [-0.05, 0) is 50.4 Å². The quantitative estimate of drug-likeness (QED) is 0.773. The van der Waals surface area contributed by atoms with E-state index < -0.39 is 18.0 Å². The second-order valence-electron chi connectivity index (χ2n) is 5.81.